The number of carbonyl (C=O) groups is 1. The fourth-order valence-electron chi connectivity index (χ4n) is 4.22. The summed E-state index contributed by atoms with van der Waals surface area (Å²) in [6.07, 6.45) is 0.977. The Labute approximate surface area is 145 Å². The summed E-state index contributed by atoms with van der Waals surface area (Å²) in [5.41, 5.74) is 0.985. The Morgan fingerprint density at radius 2 is 1.79 bits per heavy atom. The number of benzene rings is 1. The molecule has 3 aliphatic rings. The molecule has 0 spiro atoms. The predicted molar refractivity (Wildman–Crippen MR) is 97.3 cm³/mol. The first-order chi connectivity index (χ1) is 11.2. The van der Waals surface area contributed by atoms with Crippen molar-refractivity contribution in [2.45, 2.75) is 52.7 Å². The van der Waals surface area contributed by atoms with Crippen molar-refractivity contribution in [1.29, 1.82) is 0 Å². The van der Waals surface area contributed by atoms with Crippen LogP contribution in [0, 0.1) is 11.3 Å². The van der Waals surface area contributed by atoms with E-state index in [1.807, 2.05) is 25.7 Å². The van der Waals surface area contributed by atoms with E-state index in [2.05, 4.69) is 49.1 Å². The van der Waals surface area contributed by atoms with Crippen LogP contribution in [-0.4, -0.2) is 42.3 Å². The number of anilines is 1. The molecule has 1 amide bonds. The number of hydrogen-bond donors (Lipinski definition) is 0. The molecular weight excluding hydrogens is 300 g/mol. The minimum absolute atomic E-state index is 0.176. The minimum atomic E-state index is -0.447. The molecule has 24 heavy (non-hydrogen) atoms. The Hall–Kier alpha value is -1.71. The highest BCUT2D eigenvalue weighted by Crippen LogP contribution is 2.43. The largest absolute Gasteiger partial charge is 0.444 e. The second kappa shape index (κ2) is 5.98. The molecule has 0 aliphatic carbocycles. The van der Waals surface area contributed by atoms with Crippen LogP contribution in [0.15, 0.2) is 30.3 Å². The van der Waals surface area contributed by atoms with Crippen molar-refractivity contribution in [2.24, 2.45) is 11.3 Å². The molecule has 1 aromatic rings. The number of rotatable bonds is 1. The summed E-state index contributed by atoms with van der Waals surface area (Å²) in [5, 5.41) is 0. The molecule has 3 fully saturated rings. The van der Waals surface area contributed by atoms with Gasteiger partial charge in [-0.15, -0.1) is 0 Å². The van der Waals surface area contributed by atoms with Gasteiger partial charge in [0.2, 0.25) is 0 Å². The van der Waals surface area contributed by atoms with Crippen LogP contribution in [0.1, 0.15) is 41.0 Å². The Balaban J connectivity index is 1.86. The quantitative estimate of drug-likeness (QED) is 0.775. The standard InChI is InChI=1S/C20H30N2O2/c1-19(2,3)24-18(23)21-12-15-11-20(4,5)17(14-21)22(13-15)16-9-7-6-8-10-16/h6-10,15,17H,11-14H2,1-5H3. The molecule has 0 saturated carbocycles. The van der Waals surface area contributed by atoms with Crippen molar-refractivity contribution in [2.75, 3.05) is 24.5 Å². The van der Waals surface area contributed by atoms with Gasteiger partial charge in [-0.25, -0.2) is 4.79 Å². The van der Waals surface area contributed by atoms with Gasteiger partial charge in [0.15, 0.2) is 0 Å². The highest BCUT2D eigenvalue weighted by Gasteiger charge is 2.47. The minimum Gasteiger partial charge on any atom is -0.444 e. The molecule has 3 saturated heterocycles. The summed E-state index contributed by atoms with van der Waals surface area (Å²) < 4.78 is 5.63. The lowest BCUT2D eigenvalue weighted by molar-refractivity contribution is 0.0240. The van der Waals surface area contributed by atoms with E-state index in [1.54, 1.807) is 0 Å². The van der Waals surface area contributed by atoms with Crippen LogP contribution >= 0.6 is 0 Å². The third kappa shape index (κ3) is 3.52. The van der Waals surface area contributed by atoms with Gasteiger partial charge < -0.3 is 14.5 Å². The van der Waals surface area contributed by atoms with Crippen LogP contribution in [0.5, 0.6) is 0 Å². The maximum absolute atomic E-state index is 12.6. The zero-order valence-electron chi connectivity index (χ0n) is 15.6. The molecule has 1 aromatic carbocycles. The lowest BCUT2D eigenvalue weighted by atomic mass is 9.73. The van der Waals surface area contributed by atoms with E-state index in [4.69, 9.17) is 4.74 Å². The van der Waals surface area contributed by atoms with Gasteiger partial charge >= 0.3 is 6.09 Å². The van der Waals surface area contributed by atoms with Gasteiger partial charge in [-0.1, -0.05) is 32.0 Å². The lowest BCUT2D eigenvalue weighted by Gasteiger charge is -2.48. The summed E-state index contributed by atoms with van der Waals surface area (Å²) in [4.78, 5) is 17.1. The highest BCUT2D eigenvalue weighted by molar-refractivity contribution is 5.68. The molecule has 4 rings (SSSR count). The van der Waals surface area contributed by atoms with Crippen LogP contribution < -0.4 is 4.90 Å². The highest BCUT2D eigenvalue weighted by atomic mass is 16.6. The summed E-state index contributed by atoms with van der Waals surface area (Å²) in [7, 11) is 0. The van der Waals surface area contributed by atoms with Gasteiger partial charge in [-0.05, 0) is 50.7 Å². The fourth-order valence-corrected chi connectivity index (χ4v) is 4.22. The number of ether oxygens (including phenoxy) is 1. The molecule has 0 aromatic heterocycles. The maximum atomic E-state index is 12.6. The van der Waals surface area contributed by atoms with Gasteiger partial charge in [0.05, 0.1) is 6.04 Å². The second-order valence-corrected chi connectivity index (χ2v) is 8.95. The lowest BCUT2D eigenvalue weighted by Crippen LogP contribution is -2.54. The Morgan fingerprint density at radius 3 is 2.42 bits per heavy atom. The van der Waals surface area contributed by atoms with Crippen molar-refractivity contribution in [3.8, 4) is 0 Å². The average molecular weight is 330 g/mol. The van der Waals surface area contributed by atoms with E-state index in [1.165, 1.54) is 5.69 Å². The third-order valence-electron chi connectivity index (χ3n) is 5.16. The van der Waals surface area contributed by atoms with Crippen LogP contribution in [0.2, 0.25) is 0 Å². The van der Waals surface area contributed by atoms with E-state index < -0.39 is 5.60 Å². The van der Waals surface area contributed by atoms with E-state index in [9.17, 15) is 4.79 Å². The van der Waals surface area contributed by atoms with Gasteiger partial charge in [-0.3, -0.25) is 0 Å². The molecule has 2 bridgehead atoms. The smallest absolute Gasteiger partial charge is 0.410 e. The molecule has 132 valence electrons. The zero-order valence-corrected chi connectivity index (χ0v) is 15.6. The zero-order chi connectivity index (χ0) is 17.5. The van der Waals surface area contributed by atoms with E-state index >= 15 is 0 Å². The van der Waals surface area contributed by atoms with E-state index in [-0.39, 0.29) is 11.5 Å². The van der Waals surface area contributed by atoms with Crippen molar-refractivity contribution < 1.29 is 9.53 Å². The van der Waals surface area contributed by atoms with Crippen LogP contribution in [0.3, 0.4) is 0 Å². The number of amides is 1. The number of para-hydroxylation sites is 1. The predicted octanol–water partition coefficient (Wildman–Crippen LogP) is 4.16. The topological polar surface area (TPSA) is 32.8 Å². The maximum Gasteiger partial charge on any atom is 0.410 e. The molecule has 2 atom stereocenters. The van der Waals surface area contributed by atoms with Crippen molar-refractivity contribution in [3.05, 3.63) is 30.3 Å². The van der Waals surface area contributed by atoms with Crippen LogP contribution in [0.4, 0.5) is 10.5 Å². The number of hydrogen-bond acceptors (Lipinski definition) is 3. The summed E-state index contributed by atoms with van der Waals surface area (Å²) >= 11 is 0. The first kappa shape index (κ1) is 17.1. The molecular formula is C20H30N2O2. The molecule has 3 aliphatic heterocycles. The van der Waals surface area contributed by atoms with Gasteiger partial charge in [-0.2, -0.15) is 0 Å². The number of piperidine rings is 1. The SMILES string of the molecule is CC(C)(C)OC(=O)N1CC2CN(c3ccccc3)C(C1)C(C)(C)C2. The summed E-state index contributed by atoms with van der Waals surface area (Å²) in [6.45, 7) is 13.0. The normalized spacial score (nSPS) is 26.2. The van der Waals surface area contributed by atoms with Crippen LogP contribution in [0.25, 0.3) is 0 Å². The van der Waals surface area contributed by atoms with E-state index in [0.29, 0.717) is 12.0 Å². The Bertz CT molecular complexity index is 591. The van der Waals surface area contributed by atoms with Gasteiger partial charge in [0, 0.05) is 25.3 Å². The summed E-state index contributed by atoms with van der Waals surface area (Å²) in [5.74, 6) is 0.478. The van der Waals surface area contributed by atoms with Crippen molar-refractivity contribution in [1.82, 2.24) is 4.90 Å². The van der Waals surface area contributed by atoms with Crippen LogP contribution in [-0.2, 0) is 4.74 Å². The van der Waals surface area contributed by atoms with Crippen molar-refractivity contribution in [3.63, 3.8) is 0 Å². The second-order valence-electron chi connectivity index (χ2n) is 8.95. The molecule has 0 radical (unpaired) electrons. The summed E-state index contributed by atoms with van der Waals surface area (Å²) in [6, 6.07) is 10.9. The fraction of sp³-hybridized carbons (Fsp3) is 0.650. The average Bonchev–Trinajstić information content (AvgIpc) is 2.73. The number of fused-ring (bicyclic) bond motifs is 4. The Morgan fingerprint density at radius 1 is 1.12 bits per heavy atom. The van der Waals surface area contributed by atoms with Gasteiger partial charge in [0.1, 0.15) is 5.60 Å². The first-order valence-electron chi connectivity index (χ1n) is 8.95. The van der Waals surface area contributed by atoms with Gasteiger partial charge in [0.25, 0.3) is 0 Å². The third-order valence-corrected chi connectivity index (χ3v) is 5.16. The molecule has 4 nitrogen and oxygen atoms in total. The molecule has 0 N–H and O–H groups in total. The molecule has 4 heteroatoms. The molecule has 2 unspecified atom stereocenters. The first-order valence-corrected chi connectivity index (χ1v) is 8.95. The molecule has 3 heterocycles. The Kier molecular flexibility index (Phi) is 4.27. The van der Waals surface area contributed by atoms with Crippen molar-refractivity contribution >= 4 is 11.8 Å². The van der Waals surface area contributed by atoms with E-state index in [0.717, 1.165) is 26.1 Å². The number of nitrogens with zero attached hydrogens (tertiary/aromatic N) is 2. The number of carbonyl (C=O) groups excluding carboxylic acids is 1. The monoisotopic (exact) mass is 330 g/mol.